The minimum absolute atomic E-state index is 0.0207. The van der Waals surface area contributed by atoms with Gasteiger partial charge in [-0.05, 0) is 59.2 Å². The summed E-state index contributed by atoms with van der Waals surface area (Å²) >= 11 is 0. The number of rotatable bonds is 33. The van der Waals surface area contributed by atoms with Gasteiger partial charge in [0, 0.05) is 6.42 Å². The van der Waals surface area contributed by atoms with Gasteiger partial charge in [-0.1, -0.05) is 149 Å². The van der Waals surface area contributed by atoms with Gasteiger partial charge < -0.3 is 14.4 Å². The Kier molecular flexibility index (Phi) is 31.5. The van der Waals surface area contributed by atoms with Crippen molar-refractivity contribution in [2.24, 2.45) is 5.92 Å². The van der Waals surface area contributed by atoms with E-state index < -0.39 is 0 Å². The van der Waals surface area contributed by atoms with E-state index in [1.807, 2.05) is 0 Å². The maximum Gasteiger partial charge on any atom is 0.309 e. The number of hydrogen-bond donors (Lipinski definition) is 0. The lowest BCUT2D eigenvalue weighted by molar-refractivity contribution is -0.162. The monoisotopic (exact) mass is 610 g/mol. The summed E-state index contributed by atoms with van der Waals surface area (Å²) in [5, 5.41) is 0. The molecule has 0 rings (SSSR count). The molecule has 5 nitrogen and oxygen atoms in total. The normalized spacial score (nSPS) is 12.3. The Bertz CT molecular complexity index is 595. The molecule has 256 valence electrons. The number of carbonyl (C=O) groups is 2. The van der Waals surface area contributed by atoms with Crippen LogP contribution in [0.15, 0.2) is 0 Å². The second kappa shape index (κ2) is 32.3. The Hall–Kier alpha value is -1.10. The maximum absolute atomic E-state index is 13.2. The molecule has 43 heavy (non-hydrogen) atoms. The van der Waals surface area contributed by atoms with Gasteiger partial charge in [-0.15, -0.1) is 0 Å². The number of carbonyl (C=O) groups excluding carboxylic acids is 2. The topological polar surface area (TPSA) is 55.8 Å². The van der Waals surface area contributed by atoms with Crippen LogP contribution in [0, 0.1) is 5.92 Å². The molecule has 0 saturated carbocycles. The molecular weight excluding hydrogens is 534 g/mol. The summed E-state index contributed by atoms with van der Waals surface area (Å²) in [6.45, 7) is 7.93. The Morgan fingerprint density at radius 1 is 0.535 bits per heavy atom. The van der Waals surface area contributed by atoms with Crippen molar-refractivity contribution in [2.45, 2.75) is 200 Å². The molecule has 0 aromatic carbocycles. The zero-order valence-corrected chi connectivity index (χ0v) is 29.7. The summed E-state index contributed by atoms with van der Waals surface area (Å²) in [6, 6.07) is 0. The summed E-state index contributed by atoms with van der Waals surface area (Å²) in [7, 11) is 4.11. The molecule has 0 aromatic rings. The molecule has 0 N–H and O–H groups in total. The van der Waals surface area contributed by atoms with Crippen LogP contribution in [-0.2, 0) is 19.1 Å². The van der Waals surface area contributed by atoms with Gasteiger partial charge in [0.05, 0.1) is 5.92 Å². The molecule has 0 aliphatic carbocycles. The average molecular weight is 610 g/mol. The quantitative estimate of drug-likeness (QED) is 0.0547. The maximum atomic E-state index is 13.2. The number of esters is 2. The first-order valence-corrected chi connectivity index (χ1v) is 18.9. The van der Waals surface area contributed by atoms with Crippen molar-refractivity contribution in [1.82, 2.24) is 4.90 Å². The second-order valence-corrected chi connectivity index (χ2v) is 13.4. The van der Waals surface area contributed by atoms with Crippen LogP contribution in [0.1, 0.15) is 194 Å². The van der Waals surface area contributed by atoms with Crippen LogP contribution in [0.3, 0.4) is 0 Å². The third-order valence-corrected chi connectivity index (χ3v) is 8.72. The van der Waals surface area contributed by atoms with Crippen LogP contribution in [0.2, 0.25) is 0 Å². The first-order chi connectivity index (χ1) is 20.9. The minimum atomic E-state index is -0.321. The summed E-state index contributed by atoms with van der Waals surface area (Å²) in [6.07, 6.45) is 30.8. The Morgan fingerprint density at radius 3 is 1.40 bits per heavy atom. The second-order valence-electron chi connectivity index (χ2n) is 13.4. The summed E-state index contributed by atoms with van der Waals surface area (Å²) in [4.78, 5) is 28.0. The molecule has 0 radical (unpaired) electrons. The van der Waals surface area contributed by atoms with E-state index in [2.05, 4.69) is 39.8 Å². The Balaban J connectivity index is 4.74. The van der Waals surface area contributed by atoms with Crippen molar-refractivity contribution in [3.8, 4) is 0 Å². The van der Waals surface area contributed by atoms with Crippen molar-refractivity contribution in [3.63, 3.8) is 0 Å². The highest BCUT2D eigenvalue weighted by Gasteiger charge is 2.22. The van der Waals surface area contributed by atoms with Gasteiger partial charge >= 0.3 is 11.9 Å². The molecule has 1 atom stereocenters. The zero-order chi connectivity index (χ0) is 31.8. The molecule has 0 amide bonds. The highest BCUT2D eigenvalue weighted by molar-refractivity contribution is 5.72. The number of hydrogen-bond acceptors (Lipinski definition) is 5. The van der Waals surface area contributed by atoms with E-state index in [-0.39, 0.29) is 30.6 Å². The van der Waals surface area contributed by atoms with Crippen molar-refractivity contribution in [3.05, 3.63) is 0 Å². The van der Waals surface area contributed by atoms with Gasteiger partial charge in [0.25, 0.3) is 0 Å². The predicted molar refractivity (Wildman–Crippen MR) is 185 cm³/mol. The third-order valence-electron chi connectivity index (χ3n) is 8.72. The fraction of sp³-hybridized carbons (Fsp3) is 0.947. The molecule has 0 bridgehead atoms. The van der Waals surface area contributed by atoms with Crippen LogP contribution in [0.5, 0.6) is 0 Å². The van der Waals surface area contributed by atoms with E-state index in [1.165, 1.54) is 109 Å². The molecule has 0 spiro atoms. The fourth-order valence-electron chi connectivity index (χ4n) is 5.82. The van der Waals surface area contributed by atoms with Crippen LogP contribution in [0.4, 0.5) is 0 Å². The lowest BCUT2D eigenvalue weighted by Gasteiger charge is -2.21. The Morgan fingerprint density at radius 2 is 0.953 bits per heavy atom. The number of nitrogens with zero attached hydrogens (tertiary/aromatic N) is 1. The molecule has 5 heteroatoms. The lowest BCUT2D eigenvalue weighted by atomic mass is 9.94. The van der Waals surface area contributed by atoms with Gasteiger partial charge in [0.2, 0.25) is 0 Å². The summed E-state index contributed by atoms with van der Waals surface area (Å²) in [5.41, 5.74) is 0. The molecular formula is C38H75NO4. The fourth-order valence-corrected chi connectivity index (χ4v) is 5.82. The van der Waals surface area contributed by atoms with E-state index in [0.29, 0.717) is 6.42 Å². The standard InChI is InChI=1S/C38H75NO4/c1-6-9-12-15-16-17-18-19-20-23-26-31-36(43-37(40)32-27-28-33-39(4)5)34-42-38(41)35(29-24-21-13-10-7-2)30-25-22-14-11-8-3/h35-36H,6-34H2,1-5H3. The van der Waals surface area contributed by atoms with Crippen molar-refractivity contribution >= 4 is 11.9 Å². The number of unbranched alkanes of at least 4 members (excludes halogenated alkanes) is 19. The summed E-state index contributed by atoms with van der Waals surface area (Å²) < 4.78 is 11.8. The first kappa shape index (κ1) is 41.9. The van der Waals surface area contributed by atoms with Gasteiger partial charge in [-0.3, -0.25) is 9.59 Å². The van der Waals surface area contributed by atoms with Crippen LogP contribution in [0.25, 0.3) is 0 Å². The van der Waals surface area contributed by atoms with Gasteiger partial charge in [0.1, 0.15) is 12.7 Å². The molecule has 0 saturated heterocycles. The summed E-state index contributed by atoms with van der Waals surface area (Å²) in [5.74, 6) is -0.240. The van der Waals surface area contributed by atoms with Gasteiger partial charge in [0.15, 0.2) is 0 Å². The molecule has 0 aromatic heterocycles. The van der Waals surface area contributed by atoms with E-state index in [0.717, 1.165) is 64.3 Å². The highest BCUT2D eigenvalue weighted by atomic mass is 16.6. The SMILES string of the molecule is CCCCCCCCCCCCCC(COC(=O)C(CCCCCCC)CCCCCCC)OC(=O)CCCCN(C)C. The van der Waals surface area contributed by atoms with Gasteiger partial charge in [-0.25, -0.2) is 0 Å². The zero-order valence-electron chi connectivity index (χ0n) is 29.7. The van der Waals surface area contributed by atoms with E-state index in [9.17, 15) is 9.59 Å². The third kappa shape index (κ3) is 29.4. The first-order valence-electron chi connectivity index (χ1n) is 18.9. The molecule has 0 heterocycles. The largest absolute Gasteiger partial charge is 0.462 e. The van der Waals surface area contributed by atoms with E-state index >= 15 is 0 Å². The molecule has 0 fully saturated rings. The van der Waals surface area contributed by atoms with Crippen molar-refractivity contribution in [1.29, 1.82) is 0 Å². The molecule has 0 aliphatic rings. The molecule has 1 unspecified atom stereocenters. The minimum Gasteiger partial charge on any atom is -0.462 e. The van der Waals surface area contributed by atoms with Crippen LogP contribution in [-0.4, -0.2) is 50.2 Å². The Labute approximate surface area is 269 Å². The predicted octanol–water partition coefficient (Wildman–Crippen LogP) is 11.2. The van der Waals surface area contributed by atoms with E-state index in [4.69, 9.17) is 9.47 Å². The van der Waals surface area contributed by atoms with Gasteiger partial charge in [-0.2, -0.15) is 0 Å². The number of ether oxygens (including phenoxy) is 2. The smallest absolute Gasteiger partial charge is 0.309 e. The van der Waals surface area contributed by atoms with Crippen molar-refractivity contribution in [2.75, 3.05) is 27.2 Å². The van der Waals surface area contributed by atoms with Crippen LogP contribution >= 0.6 is 0 Å². The average Bonchev–Trinajstić information content (AvgIpc) is 2.99. The highest BCUT2D eigenvalue weighted by Crippen LogP contribution is 2.21. The van der Waals surface area contributed by atoms with Crippen LogP contribution < -0.4 is 0 Å². The van der Waals surface area contributed by atoms with E-state index in [1.54, 1.807) is 0 Å². The lowest BCUT2D eigenvalue weighted by Crippen LogP contribution is -2.28. The van der Waals surface area contributed by atoms with Crippen molar-refractivity contribution < 1.29 is 19.1 Å². The molecule has 0 aliphatic heterocycles.